The maximum Gasteiger partial charge on any atom is 0.222 e. The summed E-state index contributed by atoms with van der Waals surface area (Å²) in [5.74, 6) is 0.0440. The van der Waals surface area contributed by atoms with Crippen LogP contribution in [0.25, 0.3) is 0 Å². The zero-order valence-corrected chi connectivity index (χ0v) is 8.52. The summed E-state index contributed by atoms with van der Waals surface area (Å²) in [7, 11) is 0. The maximum atomic E-state index is 11.2. The molecule has 0 saturated carbocycles. The number of thiazole rings is 1. The van der Waals surface area contributed by atoms with Gasteiger partial charge in [-0.1, -0.05) is 13.8 Å². The number of rotatable bonds is 3. The summed E-state index contributed by atoms with van der Waals surface area (Å²) in [5, 5.41) is 5.14. The molecule has 0 atom stereocenters. The molecule has 0 fully saturated rings. The number of hydrogen-bond donors (Lipinski definition) is 2. The van der Waals surface area contributed by atoms with Gasteiger partial charge in [0, 0.05) is 11.3 Å². The SMILES string of the molecule is CC(C)C(=O)NCc1csc(N)n1. The Morgan fingerprint density at radius 1 is 1.77 bits per heavy atom. The first-order valence-electron chi connectivity index (χ1n) is 4.07. The molecule has 0 unspecified atom stereocenters. The molecule has 1 amide bonds. The summed E-state index contributed by atoms with van der Waals surface area (Å²) < 4.78 is 0. The Labute approximate surface area is 81.2 Å². The molecular formula is C8H13N3OS. The molecule has 72 valence electrons. The molecule has 13 heavy (non-hydrogen) atoms. The molecule has 0 aromatic carbocycles. The van der Waals surface area contributed by atoms with E-state index in [9.17, 15) is 4.79 Å². The number of anilines is 1. The number of aromatic nitrogens is 1. The second kappa shape index (κ2) is 4.23. The minimum atomic E-state index is 0.0102. The summed E-state index contributed by atoms with van der Waals surface area (Å²) >= 11 is 1.38. The minimum Gasteiger partial charge on any atom is -0.375 e. The lowest BCUT2D eigenvalue weighted by Crippen LogP contribution is -2.27. The molecule has 1 rings (SSSR count). The van der Waals surface area contributed by atoms with E-state index in [1.807, 2.05) is 19.2 Å². The van der Waals surface area contributed by atoms with Crippen LogP contribution in [-0.2, 0) is 11.3 Å². The number of nitrogens with one attached hydrogen (secondary N) is 1. The number of amides is 1. The average molecular weight is 199 g/mol. The third-order valence-corrected chi connectivity index (χ3v) is 2.26. The molecule has 1 aromatic heterocycles. The normalized spacial score (nSPS) is 10.4. The summed E-state index contributed by atoms with van der Waals surface area (Å²) in [5.41, 5.74) is 6.26. The zero-order valence-electron chi connectivity index (χ0n) is 7.70. The van der Waals surface area contributed by atoms with Crippen molar-refractivity contribution in [3.63, 3.8) is 0 Å². The van der Waals surface area contributed by atoms with Crippen molar-refractivity contribution in [2.45, 2.75) is 20.4 Å². The molecular weight excluding hydrogens is 186 g/mol. The fourth-order valence-corrected chi connectivity index (χ4v) is 1.35. The van der Waals surface area contributed by atoms with Crippen LogP contribution in [0.15, 0.2) is 5.38 Å². The molecule has 4 nitrogen and oxygen atoms in total. The van der Waals surface area contributed by atoms with Crippen molar-refractivity contribution >= 4 is 22.4 Å². The van der Waals surface area contributed by atoms with Crippen LogP contribution in [0.1, 0.15) is 19.5 Å². The maximum absolute atomic E-state index is 11.2. The van der Waals surface area contributed by atoms with Crippen molar-refractivity contribution in [3.8, 4) is 0 Å². The van der Waals surface area contributed by atoms with Crippen LogP contribution < -0.4 is 11.1 Å². The van der Waals surface area contributed by atoms with E-state index >= 15 is 0 Å². The molecule has 0 aliphatic heterocycles. The van der Waals surface area contributed by atoms with Gasteiger partial charge < -0.3 is 11.1 Å². The number of hydrogen-bond acceptors (Lipinski definition) is 4. The standard InChI is InChI=1S/C8H13N3OS/c1-5(2)7(12)10-3-6-4-13-8(9)11-6/h4-5H,3H2,1-2H3,(H2,9,11)(H,10,12). The first-order valence-corrected chi connectivity index (χ1v) is 4.95. The van der Waals surface area contributed by atoms with Gasteiger partial charge in [-0.25, -0.2) is 4.98 Å². The smallest absolute Gasteiger partial charge is 0.222 e. The third-order valence-electron chi connectivity index (χ3n) is 1.54. The zero-order chi connectivity index (χ0) is 9.84. The number of carbonyl (C=O) groups is 1. The Balaban J connectivity index is 2.39. The van der Waals surface area contributed by atoms with E-state index in [1.165, 1.54) is 11.3 Å². The minimum absolute atomic E-state index is 0.0102. The first-order chi connectivity index (χ1) is 6.09. The quantitative estimate of drug-likeness (QED) is 0.763. The summed E-state index contributed by atoms with van der Waals surface area (Å²) in [4.78, 5) is 15.2. The van der Waals surface area contributed by atoms with Crippen molar-refractivity contribution in [2.75, 3.05) is 5.73 Å². The average Bonchev–Trinajstić information content (AvgIpc) is 2.47. The van der Waals surface area contributed by atoms with Gasteiger partial charge in [0.05, 0.1) is 12.2 Å². The molecule has 3 N–H and O–H groups in total. The van der Waals surface area contributed by atoms with Gasteiger partial charge in [-0.05, 0) is 0 Å². The fraction of sp³-hybridized carbons (Fsp3) is 0.500. The van der Waals surface area contributed by atoms with Crippen LogP contribution in [0.3, 0.4) is 0 Å². The highest BCUT2D eigenvalue weighted by molar-refractivity contribution is 7.13. The van der Waals surface area contributed by atoms with Gasteiger partial charge in [-0.2, -0.15) is 0 Å². The van der Waals surface area contributed by atoms with Gasteiger partial charge in [-0.3, -0.25) is 4.79 Å². The van der Waals surface area contributed by atoms with Crippen LogP contribution in [0.2, 0.25) is 0 Å². The molecule has 5 heteroatoms. The number of nitrogen functional groups attached to an aromatic ring is 1. The van der Waals surface area contributed by atoms with Crippen molar-refractivity contribution < 1.29 is 4.79 Å². The molecule has 0 bridgehead atoms. The highest BCUT2D eigenvalue weighted by Crippen LogP contribution is 2.10. The Bertz CT molecular complexity index is 295. The molecule has 0 aliphatic rings. The van der Waals surface area contributed by atoms with Crippen LogP contribution in [0.4, 0.5) is 5.13 Å². The third kappa shape index (κ3) is 3.02. The summed E-state index contributed by atoms with van der Waals surface area (Å²) in [6, 6.07) is 0. The van der Waals surface area contributed by atoms with E-state index in [0.29, 0.717) is 11.7 Å². The number of nitrogens with zero attached hydrogens (tertiary/aromatic N) is 1. The number of carbonyl (C=O) groups excluding carboxylic acids is 1. The fourth-order valence-electron chi connectivity index (χ4n) is 0.786. The van der Waals surface area contributed by atoms with E-state index in [-0.39, 0.29) is 11.8 Å². The van der Waals surface area contributed by atoms with Crippen molar-refractivity contribution in [1.82, 2.24) is 10.3 Å². The number of nitrogens with two attached hydrogens (primary N) is 1. The monoisotopic (exact) mass is 199 g/mol. The van der Waals surface area contributed by atoms with Gasteiger partial charge >= 0.3 is 0 Å². The van der Waals surface area contributed by atoms with Crippen LogP contribution in [-0.4, -0.2) is 10.9 Å². The van der Waals surface area contributed by atoms with Gasteiger partial charge in [0.1, 0.15) is 0 Å². The molecule has 0 saturated heterocycles. The molecule has 1 aromatic rings. The predicted octanol–water partition coefficient (Wildman–Crippen LogP) is 0.997. The Morgan fingerprint density at radius 3 is 2.92 bits per heavy atom. The van der Waals surface area contributed by atoms with Gasteiger partial charge in [0.2, 0.25) is 5.91 Å². The van der Waals surface area contributed by atoms with Gasteiger partial charge in [0.15, 0.2) is 5.13 Å². The van der Waals surface area contributed by atoms with E-state index in [2.05, 4.69) is 10.3 Å². The summed E-state index contributed by atoms with van der Waals surface area (Å²) in [6.07, 6.45) is 0. The van der Waals surface area contributed by atoms with E-state index in [1.54, 1.807) is 0 Å². The molecule has 0 radical (unpaired) electrons. The Morgan fingerprint density at radius 2 is 2.46 bits per heavy atom. The second-order valence-corrected chi connectivity index (χ2v) is 3.94. The van der Waals surface area contributed by atoms with Crippen LogP contribution in [0, 0.1) is 5.92 Å². The first kappa shape index (κ1) is 9.98. The lowest BCUT2D eigenvalue weighted by atomic mass is 10.2. The topological polar surface area (TPSA) is 68.0 Å². The largest absolute Gasteiger partial charge is 0.375 e. The predicted molar refractivity (Wildman–Crippen MR) is 53.2 cm³/mol. The summed E-state index contributed by atoms with van der Waals surface area (Å²) in [6.45, 7) is 4.17. The van der Waals surface area contributed by atoms with Gasteiger partial charge in [0.25, 0.3) is 0 Å². The Kier molecular flexibility index (Phi) is 3.25. The highest BCUT2D eigenvalue weighted by Gasteiger charge is 2.06. The van der Waals surface area contributed by atoms with E-state index < -0.39 is 0 Å². The van der Waals surface area contributed by atoms with Crippen LogP contribution in [0.5, 0.6) is 0 Å². The Hall–Kier alpha value is -1.10. The van der Waals surface area contributed by atoms with E-state index in [4.69, 9.17) is 5.73 Å². The second-order valence-electron chi connectivity index (χ2n) is 3.05. The lowest BCUT2D eigenvalue weighted by molar-refractivity contribution is -0.124. The van der Waals surface area contributed by atoms with Crippen molar-refractivity contribution in [1.29, 1.82) is 0 Å². The van der Waals surface area contributed by atoms with Crippen molar-refractivity contribution in [3.05, 3.63) is 11.1 Å². The van der Waals surface area contributed by atoms with E-state index in [0.717, 1.165) is 5.69 Å². The van der Waals surface area contributed by atoms with Crippen LogP contribution >= 0.6 is 11.3 Å². The van der Waals surface area contributed by atoms with Crippen molar-refractivity contribution in [2.24, 2.45) is 5.92 Å². The van der Waals surface area contributed by atoms with Gasteiger partial charge in [-0.15, -0.1) is 11.3 Å². The molecule has 0 spiro atoms. The molecule has 0 aliphatic carbocycles. The highest BCUT2D eigenvalue weighted by atomic mass is 32.1. The lowest BCUT2D eigenvalue weighted by Gasteiger charge is -2.04. The molecule has 1 heterocycles.